The molecule has 10 heteroatoms. The van der Waals surface area contributed by atoms with Crippen LogP contribution in [-0.4, -0.2) is 13.6 Å². The van der Waals surface area contributed by atoms with Crippen molar-refractivity contribution in [3.63, 3.8) is 0 Å². The zero-order chi connectivity index (χ0) is 20.0. The van der Waals surface area contributed by atoms with Gasteiger partial charge in [0.05, 0.1) is 4.88 Å². The molecule has 0 aliphatic carbocycles. The molecule has 3 rings (SSSR count). The van der Waals surface area contributed by atoms with E-state index in [1.807, 2.05) is 19.9 Å². The number of sulfonamides is 1. The molecule has 0 unspecified atom stereocenters. The summed E-state index contributed by atoms with van der Waals surface area (Å²) in [5.41, 5.74) is 2.15. The lowest BCUT2D eigenvalue weighted by Gasteiger charge is -2.09. The fourth-order valence-corrected chi connectivity index (χ4v) is 5.21. The molecule has 0 radical (unpaired) electrons. The molecule has 0 aliphatic heterocycles. The van der Waals surface area contributed by atoms with Gasteiger partial charge in [-0.15, -0.1) is 11.3 Å². The van der Waals surface area contributed by atoms with E-state index < -0.39 is 22.0 Å². The summed E-state index contributed by atoms with van der Waals surface area (Å²) in [6, 6.07) is 7.34. The van der Waals surface area contributed by atoms with Gasteiger partial charge in [0.25, 0.3) is 10.0 Å². The van der Waals surface area contributed by atoms with Gasteiger partial charge >= 0.3 is 6.18 Å². The van der Waals surface area contributed by atoms with Crippen LogP contribution in [0.1, 0.15) is 21.8 Å². The van der Waals surface area contributed by atoms with Crippen molar-refractivity contribution < 1.29 is 26.1 Å². The van der Waals surface area contributed by atoms with Gasteiger partial charge in [0.15, 0.2) is 0 Å². The maximum absolute atomic E-state index is 12.7. The maximum Gasteiger partial charge on any atom is 0.452 e. The van der Waals surface area contributed by atoms with Crippen molar-refractivity contribution in [2.24, 2.45) is 0 Å². The van der Waals surface area contributed by atoms with Crippen LogP contribution < -0.4 is 4.72 Å². The molecule has 0 saturated heterocycles. The fourth-order valence-electron chi connectivity index (χ4n) is 2.63. The lowest BCUT2D eigenvalue weighted by atomic mass is 10.1. The number of hydrogen-bond donors (Lipinski definition) is 1. The number of aryl methyl sites for hydroxylation is 3. The van der Waals surface area contributed by atoms with Crippen LogP contribution in [0.5, 0.6) is 0 Å². The summed E-state index contributed by atoms with van der Waals surface area (Å²) in [5, 5.41) is 3.40. The number of nitrogens with zero attached hydrogens (tertiary/aromatic N) is 1. The number of alkyl halides is 3. The molecule has 0 spiro atoms. The zero-order valence-electron chi connectivity index (χ0n) is 14.5. The van der Waals surface area contributed by atoms with Crippen molar-refractivity contribution >= 4 is 27.0 Å². The summed E-state index contributed by atoms with van der Waals surface area (Å²) in [6.07, 6.45) is -4.66. The van der Waals surface area contributed by atoms with Gasteiger partial charge in [-0.1, -0.05) is 11.2 Å². The van der Waals surface area contributed by atoms with Crippen LogP contribution in [0.15, 0.2) is 39.8 Å². The SMILES string of the molecule is Cc1cc(C)cc(NS(=O)(=O)c2cc(-c3cc(C(F)(F)F)on3)sc2C)c1. The molecule has 5 nitrogen and oxygen atoms in total. The van der Waals surface area contributed by atoms with Crippen molar-refractivity contribution in [3.05, 3.63) is 52.1 Å². The highest BCUT2D eigenvalue weighted by Crippen LogP contribution is 2.37. The van der Waals surface area contributed by atoms with Gasteiger partial charge in [-0.3, -0.25) is 4.72 Å². The second kappa shape index (κ2) is 6.68. The van der Waals surface area contributed by atoms with E-state index in [2.05, 4.69) is 14.4 Å². The predicted octanol–water partition coefficient (Wildman–Crippen LogP) is 5.15. The molecular formula is C17H15F3N2O3S2. The van der Waals surface area contributed by atoms with E-state index in [4.69, 9.17) is 0 Å². The molecule has 2 aromatic heterocycles. The van der Waals surface area contributed by atoms with E-state index in [1.54, 1.807) is 19.1 Å². The summed E-state index contributed by atoms with van der Waals surface area (Å²) < 4.78 is 70.3. The van der Waals surface area contributed by atoms with Crippen molar-refractivity contribution in [3.8, 4) is 10.6 Å². The normalized spacial score (nSPS) is 12.4. The number of nitrogens with one attached hydrogen (secondary N) is 1. The first kappa shape index (κ1) is 19.4. The minimum Gasteiger partial charge on any atom is -0.351 e. The summed E-state index contributed by atoms with van der Waals surface area (Å²) in [6.45, 7) is 5.28. The molecule has 0 bridgehead atoms. The van der Waals surface area contributed by atoms with E-state index in [0.717, 1.165) is 28.5 Å². The molecule has 0 amide bonds. The molecule has 2 heterocycles. The topological polar surface area (TPSA) is 72.2 Å². The Balaban J connectivity index is 1.94. The van der Waals surface area contributed by atoms with E-state index in [0.29, 0.717) is 10.6 Å². The molecule has 3 aromatic rings. The Morgan fingerprint density at radius 1 is 1.04 bits per heavy atom. The lowest BCUT2D eigenvalue weighted by Crippen LogP contribution is -2.13. The Morgan fingerprint density at radius 2 is 1.67 bits per heavy atom. The summed E-state index contributed by atoms with van der Waals surface area (Å²) in [7, 11) is -3.91. The zero-order valence-corrected chi connectivity index (χ0v) is 16.1. The second-order valence-electron chi connectivity index (χ2n) is 6.09. The van der Waals surface area contributed by atoms with Crippen LogP contribution in [0.25, 0.3) is 10.6 Å². The van der Waals surface area contributed by atoms with Crippen molar-refractivity contribution in [1.29, 1.82) is 0 Å². The van der Waals surface area contributed by atoms with Gasteiger partial charge in [-0.2, -0.15) is 13.2 Å². The quantitative estimate of drug-likeness (QED) is 0.639. The second-order valence-corrected chi connectivity index (χ2v) is 8.99. The fraction of sp³-hybridized carbons (Fsp3) is 0.235. The third-order valence-electron chi connectivity index (χ3n) is 3.68. The summed E-state index contributed by atoms with van der Waals surface area (Å²) in [4.78, 5) is 0.684. The molecule has 1 N–H and O–H groups in total. The summed E-state index contributed by atoms with van der Waals surface area (Å²) >= 11 is 1.03. The van der Waals surface area contributed by atoms with E-state index in [-0.39, 0.29) is 15.5 Å². The Hall–Kier alpha value is -2.33. The molecule has 0 saturated carbocycles. The first-order valence-electron chi connectivity index (χ1n) is 7.71. The third-order valence-corrected chi connectivity index (χ3v) is 6.39. The maximum atomic E-state index is 12.7. The molecular weight excluding hydrogens is 401 g/mol. The van der Waals surface area contributed by atoms with Gasteiger partial charge in [0, 0.05) is 16.6 Å². The van der Waals surface area contributed by atoms with Gasteiger partial charge in [-0.25, -0.2) is 8.42 Å². The van der Waals surface area contributed by atoms with E-state index in [1.165, 1.54) is 6.07 Å². The van der Waals surface area contributed by atoms with Crippen molar-refractivity contribution in [2.75, 3.05) is 4.72 Å². The number of rotatable bonds is 4. The number of anilines is 1. The van der Waals surface area contributed by atoms with E-state index >= 15 is 0 Å². The molecule has 0 aliphatic rings. The molecule has 0 fully saturated rings. The monoisotopic (exact) mass is 416 g/mol. The van der Waals surface area contributed by atoms with Crippen LogP contribution in [0.3, 0.4) is 0 Å². The lowest BCUT2D eigenvalue weighted by molar-refractivity contribution is -0.155. The van der Waals surface area contributed by atoms with Crippen LogP contribution in [0.4, 0.5) is 18.9 Å². The molecule has 0 atom stereocenters. The Kier molecular flexibility index (Phi) is 4.81. The van der Waals surface area contributed by atoms with Crippen LogP contribution in [-0.2, 0) is 16.2 Å². The smallest absolute Gasteiger partial charge is 0.351 e. The van der Waals surface area contributed by atoms with Crippen LogP contribution in [0, 0.1) is 20.8 Å². The largest absolute Gasteiger partial charge is 0.452 e. The van der Waals surface area contributed by atoms with Crippen LogP contribution in [0.2, 0.25) is 0 Å². The average Bonchev–Trinajstić information content (AvgIpc) is 3.11. The minimum absolute atomic E-state index is 0.0155. The Bertz CT molecular complexity index is 1080. The highest BCUT2D eigenvalue weighted by atomic mass is 32.2. The first-order valence-corrected chi connectivity index (χ1v) is 10.0. The number of thiophene rings is 1. The highest BCUT2D eigenvalue weighted by Gasteiger charge is 2.36. The number of hydrogen-bond acceptors (Lipinski definition) is 5. The number of halogens is 3. The Labute approximate surface area is 157 Å². The number of aromatic nitrogens is 1. The van der Waals surface area contributed by atoms with Gasteiger partial charge in [-0.05, 0) is 50.1 Å². The van der Waals surface area contributed by atoms with Gasteiger partial charge in [0.2, 0.25) is 5.76 Å². The van der Waals surface area contributed by atoms with Gasteiger partial charge in [0.1, 0.15) is 10.6 Å². The van der Waals surface area contributed by atoms with Gasteiger partial charge < -0.3 is 4.52 Å². The van der Waals surface area contributed by atoms with Crippen LogP contribution >= 0.6 is 11.3 Å². The third kappa shape index (κ3) is 4.16. The highest BCUT2D eigenvalue weighted by molar-refractivity contribution is 7.93. The van der Waals surface area contributed by atoms with Crippen molar-refractivity contribution in [1.82, 2.24) is 5.16 Å². The molecule has 1 aromatic carbocycles. The molecule has 27 heavy (non-hydrogen) atoms. The predicted molar refractivity (Wildman–Crippen MR) is 96.3 cm³/mol. The molecule has 144 valence electrons. The Morgan fingerprint density at radius 3 is 2.22 bits per heavy atom. The first-order chi connectivity index (χ1) is 12.5. The average molecular weight is 416 g/mol. The minimum atomic E-state index is -4.66. The standard InChI is InChI=1S/C17H15F3N2O3S2/c1-9-4-10(2)6-12(5-9)22-27(23,24)15-8-14(26-11(15)3)13-7-16(25-21-13)17(18,19)20/h4-8,22H,1-3H3. The number of benzene rings is 1. The summed E-state index contributed by atoms with van der Waals surface area (Å²) in [5.74, 6) is -1.23. The van der Waals surface area contributed by atoms with E-state index in [9.17, 15) is 21.6 Å². The van der Waals surface area contributed by atoms with Crippen molar-refractivity contribution in [2.45, 2.75) is 31.8 Å².